The molecule has 86 valence electrons. The highest BCUT2D eigenvalue weighted by atomic mass is 16.5. The van der Waals surface area contributed by atoms with Gasteiger partial charge in [0.2, 0.25) is 5.91 Å². The highest BCUT2D eigenvalue weighted by Gasteiger charge is 2.19. The fourth-order valence-electron chi connectivity index (χ4n) is 1.64. The van der Waals surface area contributed by atoms with E-state index in [2.05, 4.69) is 21.9 Å². The van der Waals surface area contributed by atoms with Crippen LogP contribution in [0.4, 0.5) is 5.69 Å². The molecular weight excluding hydrogens is 218 g/mol. The van der Waals surface area contributed by atoms with Gasteiger partial charge in [0, 0.05) is 5.56 Å². The number of carbonyl (C=O) groups is 2. The number of hydrogen-bond acceptors (Lipinski definition) is 3. The van der Waals surface area contributed by atoms with Crippen molar-refractivity contribution in [3.05, 3.63) is 29.3 Å². The van der Waals surface area contributed by atoms with Crippen molar-refractivity contribution in [2.45, 2.75) is 12.8 Å². The standard InChI is InChI=1S/C13H11NO3/c1-17-12(16)7-3-5-9-4-2-6-10-8-11(15)14-13(9)10/h2,4,6H,7-8H2,1H3,(H,14,15). The Morgan fingerprint density at radius 3 is 3.12 bits per heavy atom. The molecule has 2 rings (SSSR count). The summed E-state index contributed by atoms with van der Waals surface area (Å²) in [6, 6.07) is 5.55. The van der Waals surface area contributed by atoms with Crippen LogP contribution in [0.2, 0.25) is 0 Å². The molecule has 1 aromatic rings. The molecule has 0 unspecified atom stereocenters. The lowest BCUT2D eigenvalue weighted by Crippen LogP contribution is -2.04. The number of hydrogen-bond donors (Lipinski definition) is 1. The Labute approximate surface area is 99.0 Å². The Morgan fingerprint density at radius 1 is 1.53 bits per heavy atom. The minimum Gasteiger partial charge on any atom is -0.468 e. The number of anilines is 1. The molecule has 1 aliphatic heterocycles. The van der Waals surface area contributed by atoms with E-state index in [0.29, 0.717) is 6.42 Å². The van der Waals surface area contributed by atoms with E-state index < -0.39 is 0 Å². The summed E-state index contributed by atoms with van der Waals surface area (Å²) < 4.78 is 4.49. The van der Waals surface area contributed by atoms with Gasteiger partial charge in [0.05, 0.1) is 19.2 Å². The molecular formula is C13H11NO3. The summed E-state index contributed by atoms with van der Waals surface area (Å²) in [4.78, 5) is 22.1. The SMILES string of the molecule is COC(=O)CC#Cc1cccc2c1NC(=O)C2. The second-order valence-electron chi connectivity index (χ2n) is 3.62. The molecule has 1 N–H and O–H groups in total. The van der Waals surface area contributed by atoms with Crippen molar-refractivity contribution in [2.75, 3.05) is 12.4 Å². The van der Waals surface area contributed by atoms with Gasteiger partial charge >= 0.3 is 5.97 Å². The van der Waals surface area contributed by atoms with Crippen LogP contribution in [-0.2, 0) is 20.7 Å². The van der Waals surface area contributed by atoms with E-state index in [9.17, 15) is 9.59 Å². The molecule has 1 aliphatic rings. The van der Waals surface area contributed by atoms with Crippen molar-refractivity contribution in [3.63, 3.8) is 0 Å². The number of amides is 1. The number of methoxy groups -OCH3 is 1. The van der Waals surface area contributed by atoms with Gasteiger partial charge < -0.3 is 10.1 Å². The Kier molecular flexibility index (Phi) is 3.10. The van der Waals surface area contributed by atoms with E-state index in [-0.39, 0.29) is 18.3 Å². The molecule has 0 fully saturated rings. The molecule has 4 heteroatoms. The van der Waals surface area contributed by atoms with E-state index in [1.54, 1.807) is 0 Å². The first-order valence-corrected chi connectivity index (χ1v) is 5.18. The molecule has 1 amide bonds. The summed E-state index contributed by atoms with van der Waals surface area (Å²) in [5, 5.41) is 2.76. The average molecular weight is 229 g/mol. The van der Waals surface area contributed by atoms with Crippen molar-refractivity contribution >= 4 is 17.6 Å². The van der Waals surface area contributed by atoms with E-state index in [4.69, 9.17) is 0 Å². The first-order chi connectivity index (χ1) is 8.20. The van der Waals surface area contributed by atoms with Crippen LogP contribution in [-0.4, -0.2) is 19.0 Å². The van der Waals surface area contributed by atoms with Gasteiger partial charge in [0.15, 0.2) is 0 Å². The van der Waals surface area contributed by atoms with Gasteiger partial charge in [0.1, 0.15) is 6.42 Å². The van der Waals surface area contributed by atoms with Crippen molar-refractivity contribution < 1.29 is 14.3 Å². The van der Waals surface area contributed by atoms with E-state index in [1.165, 1.54) is 7.11 Å². The van der Waals surface area contributed by atoms with Crippen LogP contribution in [0, 0.1) is 11.8 Å². The normalized spacial score (nSPS) is 12.2. The second kappa shape index (κ2) is 4.71. The number of benzene rings is 1. The van der Waals surface area contributed by atoms with Crippen molar-refractivity contribution in [2.24, 2.45) is 0 Å². The topological polar surface area (TPSA) is 55.4 Å². The lowest BCUT2D eigenvalue weighted by atomic mass is 10.1. The van der Waals surface area contributed by atoms with Crippen LogP contribution in [0.3, 0.4) is 0 Å². The molecule has 0 saturated heterocycles. The molecule has 4 nitrogen and oxygen atoms in total. The summed E-state index contributed by atoms with van der Waals surface area (Å²) in [5.41, 5.74) is 2.44. The fourth-order valence-corrected chi connectivity index (χ4v) is 1.64. The average Bonchev–Trinajstić information content (AvgIpc) is 2.70. The molecule has 1 heterocycles. The van der Waals surface area contributed by atoms with Crippen LogP contribution in [0.1, 0.15) is 17.5 Å². The number of ether oxygens (including phenoxy) is 1. The maximum atomic E-state index is 11.2. The Hall–Kier alpha value is -2.28. The highest BCUT2D eigenvalue weighted by Crippen LogP contribution is 2.26. The van der Waals surface area contributed by atoms with Gasteiger partial charge in [-0.3, -0.25) is 9.59 Å². The minimum atomic E-state index is -0.367. The zero-order valence-corrected chi connectivity index (χ0v) is 9.37. The summed E-state index contributed by atoms with van der Waals surface area (Å²) >= 11 is 0. The maximum absolute atomic E-state index is 11.2. The maximum Gasteiger partial charge on any atom is 0.317 e. The summed E-state index contributed by atoms with van der Waals surface area (Å²) in [5.74, 6) is 5.19. The highest BCUT2D eigenvalue weighted by molar-refractivity contribution is 6.00. The minimum absolute atomic E-state index is 0.0257. The monoisotopic (exact) mass is 229 g/mol. The lowest BCUT2D eigenvalue weighted by molar-refractivity contribution is -0.139. The molecule has 0 bridgehead atoms. The molecule has 0 aliphatic carbocycles. The van der Waals surface area contributed by atoms with E-state index in [0.717, 1.165) is 16.8 Å². The van der Waals surface area contributed by atoms with Crippen LogP contribution in [0.15, 0.2) is 18.2 Å². The third-order valence-electron chi connectivity index (χ3n) is 2.45. The molecule has 0 spiro atoms. The Balaban J connectivity index is 2.21. The van der Waals surface area contributed by atoms with Crippen molar-refractivity contribution in [1.29, 1.82) is 0 Å². The Morgan fingerprint density at radius 2 is 2.35 bits per heavy atom. The molecule has 0 aromatic heterocycles. The smallest absolute Gasteiger partial charge is 0.317 e. The van der Waals surface area contributed by atoms with Gasteiger partial charge in [-0.15, -0.1) is 0 Å². The van der Waals surface area contributed by atoms with Crippen molar-refractivity contribution in [3.8, 4) is 11.8 Å². The van der Waals surface area contributed by atoms with E-state index in [1.807, 2.05) is 18.2 Å². The van der Waals surface area contributed by atoms with Gasteiger partial charge in [-0.25, -0.2) is 0 Å². The van der Waals surface area contributed by atoms with Gasteiger partial charge in [-0.05, 0) is 11.6 Å². The number of nitrogens with one attached hydrogen (secondary N) is 1. The number of rotatable bonds is 1. The van der Waals surface area contributed by atoms with Crippen molar-refractivity contribution in [1.82, 2.24) is 0 Å². The summed E-state index contributed by atoms with van der Waals surface area (Å²) in [6.45, 7) is 0. The predicted octanol–water partition coefficient (Wildman–Crippen LogP) is 1.10. The quantitative estimate of drug-likeness (QED) is 0.579. The van der Waals surface area contributed by atoms with Crippen LogP contribution in [0.25, 0.3) is 0 Å². The van der Waals surface area contributed by atoms with E-state index >= 15 is 0 Å². The third-order valence-corrected chi connectivity index (χ3v) is 2.45. The third kappa shape index (κ3) is 2.45. The Bertz CT molecular complexity index is 537. The molecule has 17 heavy (non-hydrogen) atoms. The molecule has 0 radical (unpaired) electrons. The number of carbonyl (C=O) groups excluding carboxylic acids is 2. The molecule has 0 saturated carbocycles. The zero-order valence-electron chi connectivity index (χ0n) is 9.37. The largest absolute Gasteiger partial charge is 0.468 e. The fraction of sp³-hybridized carbons (Fsp3) is 0.231. The first-order valence-electron chi connectivity index (χ1n) is 5.18. The summed E-state index contributed by atoms with van der Waals surface area (Å²) in [6.07, 6.45) is 0.440. The van der Waals surface area contributed by atoms with Crippen LogP contribution >= 0.6 is 0 Å². The number of esters is 1. The number of para-hydroxylation sites is 1. The predicted molar refractivity (Wildman–Crippen MR) is 62.3 cm³/mol. The number of fused-ring (bicyclic) bond motifs is 1. The summed E-state index contributed by atoms with van der Waals surface area (Å²) in [7, 11) is 1.32. The van der Waals surface area contributed by atoms with Crippen LogP contribution in [0.5, 0.6) is 0 Å². The first kappa shape index (κ1) is 11.2. The van der Waals surface area contributed by atoms with Crippen LogP contribution < -0.4 is 5.32 Å². The second-order valence-corrected chi connectivity index (χ2v) is 3.62. The molecule has 1 aromatic carbocycles. The van der Waals surface area contributed by atoms with Gasteiger partial charge in [-0.1, -0.05) is 24.0 Å². The van der Waals surface area contributed by atoms with Gasteiger partial charge in [0.25, 0.3) is 0 Å². The lowest BCUT2D eigenvalue weighted by Gasteiger charge is -2.00. The van der Waals surface area contributed by atoms with Gasteiger partial charge in [-0.2, -0.15) is 0 Å². The zero-order chi connectivity index (χ0) is 12.3. The molecule has 0 atom stereocenters.